The maximum Gasteiger partial charge on any atom is 0.253 e. The number of hydrogen-bond acceptors (Lipinski definition) is 10. The summed E-state index contributed by atoms with van der Waals surface area (Å²) in [6.45, 7) is 23.0. The Balaban J connectivity index is 0.000000291. The lowest BCUT2D eigenvalue weighted by atomic mass is 10.1. The molecule has 4 aromatic heterocycles. The maximum atomic E-state index is 11.4. The molecule has 0 fully saturated rings. The maximum absolute atomic E-state index is 11.4. The molecule has 13 heteroatoms. The van der Waals surface area contributed by atoms with Crippen molar-refractivity contribution in [1.82, 2.24) is 35.9 Å². The van der Waals surface area contributed by atoms with E-state index in [1.807, 2.05) is 55.0 Å². The van der Waals surface area contributed by atoms with Gasteiger partial charge in [-0.05, 0) is 89.0 Å². The van der Waals surface area contributed by atoms with Crippen LogP contribution in [0, 0.1) is 12.3 Å². The highest BCUT2D eigenvalue weighted by Crippen LogP contribution is 2.28. The molecule has 0 atom stereocenters. The van der Waals surface area contributed by atoms with Gasteiger partial charge in [0, 0.05) is 94.7 Å². The Kier molecular flexibility index (Phi) is 22.1. The van der Waals surface area contributed by atoms with Crippen LogP contribution in [0.2, 0.25) is 0 Å². The molecule has 0 aromatic carbocycles. The predicted molar refractivity (Wildman–Crippen MR) is 231 cm³/mol. The van der Waals surface area contributed by atoms with Crippen LogP contribution >= 0.6 is 21.6 Å². The standard InChI is InChI=1S/C17H21N3S2.C13H19N5.C12H14N2O/c1-13(2)16-8-7-15(12-20-16)14(3)18-10-11-21-22-17-6-4-5-9-19-17;1-10(2)13-6-5-12(9-16-13)11(3)15-7-4-8-17-18-14;1-4-7-13-12(15)10-5-6-11(9(2)3)14-8-10/h4-9,12-13,18H,3,10-11H2,1-2H3;5-6,9-10,15H,3-4,7-8H2,1-2H3;1,5-6,8-9H,7H2,2-3H3,(H,13,15). The Morgan fingerprint density at radius 1 is 0.782 bits per heavy atom. The lowest BCUT2D eigenvalue weighted by Gasteiger charge is -2.10. The van der Waals surface area contributed by atoms with E-state index < -0.39 is 0 Å². The van der Waals surface area contributed by atoms with Gasteiger partial charge in [-0.15, -0.1) is 6.42 Å². The molecule has 0 unspecified atom stereocenters. The molecule has 55 heavy (non-hydrogen) atoms. The number of carbonyl (C=O) groups is 1. The smallest absolute Gasteiger partial charge is 0.253 e. The van der Waals surface area contributed by atoms with Crippen molar-refractivity contribution in [3.05, 3.63) is 137 Å². The fraction of sp³-hybridized carbons (Fsp3) is 0.357. The van der Waals surface area contributed by atoms with Gasteiger partial charge in [-0.1, -0.05) is 82.6 Å². The number of amides is 1. The molecule has 0 aliphatic carbocycles. The second-order valence-corrected chi connectivity index (χ2v) is 15.4. The highest BCUT2D eigenvalue weighted by Gasteiger charge is 2.07. The summed E-state index contributed by atoms with van der Waals surface area (Å²) in [7, 11) is 3.48. The van der Waals surface area contributed by atoms with Gasteiger partial charge >= 0.3 is 0 Å². The molecule has 0 aliphatic rings. The SMILES string of the molecule is C#CCNC(=O)c1ccc(C(C)C)nc1.C=C(NCCCN=[N+]=[N-])c1ccc(C(C)C)nc1.C=C(NCCSSc1ccccn1)c1ccc(C(C)C)nc1. The third-order valence-electron chi connectivity index (χ3n) is 7.59. The number of aromatic nitrogens is 4. The molecule has 4 rings (SSSR count). The summed E-state index contributed by atoms with van der Waals surface area (Å²) in [5, 5.41) is 13.6. The number of azide groups is 1. The van der Waals surface area contributed by atoms with Crippen LogP contribution in [0.15, 0.2) is 103 Å². The van der Waals surface area contributed by atoms with E-state index >= 15 is 0 Å². The number of hydrogen-bond donors (Lipinski definition) is 3. The molecule has 0 spiro atoms. The normalized spacial score (nSPS) is 10.2. The largest absolute Gasteiger partial charge is 0.385 e. The van der Waals surface area contributed by atoms with E-state index in [2.05, 4.69) is 119 Å². The molecule has 4 heterocycles. The first-order chi connectivity index (χ1) is 26.5. The van der Waals surface area contributed by atoms with Gasteiger partial charge in [0.2, 0.25) is 0 Å². The van der Waals surface area contributed by atoms with Crippen LogP contribution in [-0.4, -0.2) is 57.8 Å². The van der Waals surface area contributed by atoms with Gasteiger partial charge in [0.1, 0.15) is 5.03 Å². The van der Waals surface area contributed by atoms with Gasteiger partial charge in [-0.3, -0.25) is 19.7 Å². The van der Waals surface area contributed by atoms with Crippen molar-refractivity contribution in [2.45, 2.75) is 70.7 Å². The van der Waals surface area contributed by atoms with Crippen molar-refractivity contribution in [2.75, 3.05) is 31.9 Å². The van der Waals surface area contributed by atoms with Crippen molar-refractivity contribution in [2.24, 2.45) is 5.11 Å². The highest BCUT2D eigenvalue weighted by atomic mass is 33.1. The lowest BCUT2D eigenvalue weighted by molar-refractivity contribution is 0.0958. The van der Waals surface area contributed by atoms with Gasteiger partial charge in [0.15, 0.2) is 0 Å². The minimum atomic E-state index is -0.184. The Bertz CT molecular complexity index is 1820. The van der Waals surface area contributed by atoms with Crippen molar-refractivity contribution < 1.29 is 4.79 Å². The molecule has 0 radical (unpaired) electrons. The summed E-state index contributed by atoms with van der Waals surface area (Å²) in [6.07, 6.45) is 12.9. The molecular weight excluding hydrogens is 725 g/mol. The number of pyridine rings is 4. The van der Waals surface area contributed by atoms with Crippen LogP contribution in [-0.2, 0) is 0 Å². The molecule has 290 valence electrons. The summed E-state index contributed by atoms with van der Waals surface area (Å²) < 4.78 is 0. The van der Waals surface area contributed by atoms with E-state index in [0.717, 1.165) is 69.9 Å². The Morgan fingerprint density at radius 2 is 1.31 bits per heavy atom. The first-order valence-electron chi connectivity index (χ1n) is 18.1. The fourth-order valence-corrected chi connectivity index (χ4v) is 6.13. The quantitative estimate of drug-likeness (QED) is 0.0224. The van der Waals surface area contributed by atoms with Crippen LogP contribution in [0.4, 0.5) is 0 Å². The first kappa shape index (κ1) is 45.9. The van der Waals surface area contributed by atoms with Crippen molar-refractivity contribution >= 4 is 38.9 Å². The summed E-state index contributed by atoms with van der Waals surface area (Å²) in [5.41, 5.74) is 15.6. The molecule has 1 amide bonds. The minimum absolute atomic E-state index is 0.184. The summed E-state index contributed by atoms with van der Waals surface area (Å²) in [5.74, 6) is 4.40. The molecule has 0 saturated heterocycles. The monoisotopic (exact) mass is 778 g/mol. The van der Waals surface area contributed by atoms with Gasteiger partial charge in [-0.2, -0.15) is 0 Å². The number of nitrogens with one attached hydrogen (secondary N) is 3. The third kappa shape index (κ3) is 18.5. The van der Waals surface area contributed by atoms with Crippen molar-refractivity contribution in [3.8, 4) is 12.3 Å². The number of terminal acetylenes is 1. The molecule has 3 N–H and O–H groups in total. The van der Waals surface area contributed by atoms with Gasteiger partial charge in [-0.25, -0.2) is 4.98 Å². The molecule has 0 bridgehead atoms. The zero-order valence-corrected chi connectivity index (χ0v) is 34.5. The second kappa shape index (κ2) is 26.5. The number of carbonyl (C=O) groups excluding carboxylic acids is 1. The predicted octanol–water partition coefficient (Wildman–Crippen LogP) is 9.63. The Labute approximate surface area is 335 Å². The van der Waals surface area contributed by atoms with E-state index in [1.54, 1.807) is 33.9 Å². The molecular formula is C42H54N10OS2. The second-order valence-electron chi connectivity index (χ2n) is 13.0. The van der Waals surface area contributed by atoms with Crippen molar-refractivity contribution in [1.29, 1.82) is 0 Å². The number of rotatable bonds is 18. The molecule has 4 aromatic rings. The van der Waals surface area contributed by atoms with E-state index in [1.165, 1.54) is 0 Å². The summed E-state index contributed by atoms with van der Waals surface area (Å²) in [4.78, 5) is 31.5. The average molecular weight is 779 g/mol. The van der Waals surface area contributed by atoms with E-state index in [0.29, 0.717) is 29.9 Å². The Hall–Kier alpha value is -5.28. The zero-order chi connectivity index (χ0) is 40.4. The van der Waals surface area contributed by atoms with E-state index in [-0.39, 0.29) is 12.5 Å². The van der Waals surface area contributed by atoms with Crippen molar-refractivity contribution in [3.63, 3.8) is 0 Å². The third-order valence-corrected chi connectivity index (χ3v) is 9.85. The van der Waals surface area contributed by atoms with Crippen LogP contribution in [0.3, 0.4) is 0 Å². The fourth-order valence-electron chi connectivity index (χ4n) is 4.35. The average Bonchev–Trinajstić information content (AvgIpc) is 3.20. The van der Waals surface area contributed by atoms with Gasteiger partial charge in [0.05, 0.1) is 12.1 Å². The van der Waals surface area contributed by atoms with Crippen LogP contribution in [0.1, 0.15) is 104 Å². The number of nitrogens with zero attached hydrogens (tertiary/aromatic N) is 7. The first-order valence-corrected chi connectivity index (χ1v) is 20.5. The molecule has 0 aliphatic heterocycles. The molecule has 0 saturated carbocycles. The van der Waals surface area contributed by atoms with E-state index in [4.69, 9.17) is 12.0 Å². The summed E-state index contributed by atoms with van der Waals surface area (Å²) >= 11 is 0. The van der Waals surface area contributed by atoms with Crippen LogP contribution in [0.25, 0.3) is 21.8 Å². The summed E-state index contributed by atoms with van der Waals surface area (Å²) in [6, 6.07) is 17.8. The molecule has 11 nitrogen and oxygen atoms in total. The lowest BCUT2D eigenvalue weighted by Crippen LogP contribution is -2.23. The van der Waals surface area contributed by atoms with Gasteiger partial charge < -0.3 is 16.0 Å². The van der Waals surface area contributed by atoms with Crippen LogP contribution in [0.5, 0.6) is 0 Å². The zero-order valence-electron chi connectivity index (χ0n) is 32.8. The minimum Gasteiger partial charge on any atom is -0.385 e. The topological polar surface area (TPSA) is 153 Å². The Morgan fingerprint density at radius 3 is 1.75 bits per heavy atom. The van der Waals surface area contributed by atoms with E-state index in [9.17, 15) is 4.79 Å². The van der Waals surface area contributed by atoms with Crippen LogP contribution < -0.4 is 16.0 Å². The highest BCUT2D eigenvalue weighted by molar-refractivity contribution is 8.76. The van der Waals surface area contributed by atoms with Gasteiger partial charge in [0.25, 0.3) is 5.91 Å².